The summed E-state index contributed by atoms with van der Waals surface area (Å²) in [5, 5.41) is 3.72. The van der Waals surface area contributed by atoms with Gasteiger partial charge in [-0.15, -0.1) is 0 Å². The number of hydrogen-bond donors (Lipinski definition) is 1. The first-order chi connectivity index (χ1) is 9.77. The average Bonchev–Trinajstić information content (AvgIpc) is 2.73. The summed E-state index contributed by atoms with van der Waals surface area (Å²) in [6, 6.07) is 11.3. The molecule has 1 aliphatic rings. The highest BCUT2D eigenvalue weighted by molar-refractivity contribution is 5.19. The fourth-order valence-electron chi connectivity index (χ4n) is 3.27. The van der Waals surface area contributed by atoms with Crippen LogP contribution in [0.5, 0.6) is 0 Å². The summed E-state index contributed by atoms with van der Waals surface area (Å²) in [6.07, 6.45) is 8.60. The molecule has 1 aromatic carbocycles. The van der Waals surface area contributed by atoms with Gasteiger partial charge >= 0.3 is 0 Å². The van der Waals surface area contributed by atoms with Gasteiger partial charge < -0.3 is 10.2 Å². The normalized spacial score (nSPS) is 18.9. The predicted octanol–water partition coefficient (Wildman–Crippen LogP) is 3.85. The Labute approximate surface area is 124 Å². The number of nitrogens with zero attached hydrogens (tertiary/aromatic N) is 1. The van der Waals surface area contributed by atoms with Gasteiger partial charge in [-0.2, -0.15) is 0 Å². The van der Waals surface area contributed by atoms with Crippen molar-refractivity contribution in [1.29, 1.82) is 0 Å². The van der Waals surface area contributed by atoms with E-state index in [-0.39, 0.29) is 0 Å². The van der Waals surface area contributed by atoms with Crippen LogP contribution in [0.3, 0.4) is 0 Å². The lowest BCUT2D eigenvalue weighted by molar-refractivity contribution is 0.280. The Morgan fingerprint density at radius 1 is 1.05 bits per heavy atom. The van der Waals surface area contributed by atoms with E-state index in [9.17, 15) is 0 Å². The van der Waals surface area contributed by atoms with Gasteiger partial charge in [-0.3, -0.25) is 0 Å². The molecule has 0 amide bonds. The third-order valence-electron chi connectivity index (χ3n) is 4.55. The minimum atomic E-state index is 0.474. The molecule has 0 aliphatic heterocycles. The van der Waals surface area contributed by atoms with Crippen molar-refractivity contribution in [1.82, 2.24) is 10.2 Å². The molecular formula is C18H30N2. The highest BCUT2D eigenvalue weighted by atomic mass is 15.1. The van der Waals surface area contributed by atoms with E-state index in [4.69, 9.17) is 0 Å². The van der Waals surface area contributed by atoms with Crippen molar-refractivity contribution in [3.05, 3.63) is 35.9 Å². The molecule has 2 rings (SSSR count). The Hall–Kier alpha value is -0.860. The topological polar surface area (TPSA) is 15.3 Å². The van der Waals surface area contributed by atoms with Crippen LogP contribution in [-0.4, -0.2) is 32.1 Å². The number of benzene rings is 1. The van der Waals surface area contributed by atoms with Crippen molar-refractivity contribution >= 4 is 0 Å². The van der Waals surface area contributed by atoms with E-state index < -0.39 is 0 Å². The van der Waals surface area contributed by atoms with E-state index >= 15 is 0 Å². The lowest BCUT2D eigenvalue weighted by Gasteiger charge is -2.26. The Bertz CT molecular complexity index is 353. The summed E-state index contributed by atoms with van der Waals surface area (Å²) in [7, 11) is 4.34. The van der Waals surface area contributed by atoms with Crippen molar-refractivity contribution in [3.63, 3.8) is 0 Å². The molecule has 2 heteroatoms. The molecule has 20 heavy (non-hydrogen) atoms. The van der Waals surface area contributed by atoms with E-state index in [2.05, 4.69) is 54.6 Å². The summed E-state index contributed by atoms with van der Waals surface area (Å²) in [5.41, 5.74) is 1.41. The van der Waals surface area contributed by atoms with E-state index in [1.165, 1.54) is 50.6 Å². The molecule has 1 saturated carbocycles. The van der Waals surface area contributed by atoms with E-state index in [1.54, 1.807) is 0 Å². The molecule has 0 aromatic heterocycles. The number of nitrogens with one attached hydrogen (secondary N) is 1. The Morgan fingerprint density at radius 2 is 1.70 bits per heavy atom. The smallest absolute Gasteiger partial charge is 0.0466 e. The molecule has 2 nitrogen and oxygen atoms in total. The van der Waals surface area contributed by atoms with Gasteiger partial charge in [0.15, 0.2) is 0 Å². The second-order valence-corrected chi connectivity index (χ2v) is 6.41. The van der Waals surface area contributed by atoms with Crippen LogP contribution in [0.15, 0.2) is 30.3 Å². The van der Waals surface area contributed by atoms with E-state index in [1.807, 2.05) is 0 Å². The lowest BCUT2D eigenvalue weighted by atomic mass is 10.00. The average molecular weight is 274 g/mol. The van der Waals surface area contributed by atoms with Crippen molar-refractivity contribution in [2.75, 3.05) is 27.2 Å². The third kappa shape index (κ3) is 4.92. The van der Waals surface area contributed by atoms with Crippen molar-refractivity contribution < 1.29 is 0 Å². The van der Waals surface area contributed by atoms with Gasteiger partial charge in [0.05, 0.1) is 0 Å². The fourth-order valence-corrected chi connectivity index (χ4v) is 3.27. The van der Waals surface area contributed by atoms with Crippen LogP contribution in [0.25, 0.3) is 0 Å². The van der Waals surface area contributed by atoms with Crippen LogP contribution in [0.4, 0.5) is 0 Å². The minimum absolute atomic E-state index is 0.474. The molecule has 1 atom stereocenters. The van der Waals surface area contributed by atoms with Crippen molar-refractivity contribution in [2.24, 2.45) is 5.92 Å². The molecule has 1 aromatic rings. The van der Waals surface area contributed by atoms with Crippen molar-refractivity contribution in [2.45, 2.75) is 44.6 Å². The largest absolute Gasteiger partial charge is 0.315 e. The first-order valence-corrected chi connectivity index (χ1v) is 8.19. The van der Waals surface area contributed by atoms with Gasteiger partial charge in [0, 0.05) is 12.6 Å². The van der Waals surface area contributed by atoms with Crippen LogP contribution in [-0.2, 0) is 0 Å². The van der Waals surface area contributed by atoms with Gasteiger partial charge in [0.1, 0.15) is 0 Å². The zero-order valence-electron chi connectivity index (χ0n) is 13.1. The monoisotopic (exact) mass is 274 g/mol. The molecule has 1 unspecified atom stereocenters. The maximum absolute atomic E-state index is 3.72. The van der Waals surface area contributed by atoms with Gasteiger partial charge in [-0.05, 0) is 45.0 Å². The molecular weight excluding hydrogens is 244 g/mol. The highest BCUT2D eigenvalue weighted by Gasteiger charge is 2.15. The molecule has 0 radical (unpaired) electrons. The Morgan fingerprint density at radius 3 is 2.30 bits per heavy atom. The Balaban J connectivity index is 1.80. The zero-order chi connectivity index (χ0) is 14.2. The number of hydrogen-bond acceptors (Lipinski definition) is 2. The standard InChI is InChI=1S/C18H30N2/c1-20(2)18(17-12-8-5-9-13-17)15-19-14-16-10-6-3-4-7-11-16/h5,8-9,12-13,16,18-19H,3-4,6-7,10-11,14-15H2,1-2H3. The van der Waals surface area contributed by atoms with Crippen LogP contribution < -0.4 is 5.32 Å². The first kappa shape index (κ1) is 15.5. The van der Waals surface area contributed by atoms with Gasteiger partial charge in [-0.1, -0.05) is 56.0 Å². The second kappa shape index (κ2) is 8.43. The predicted molar refractivity (Wildman–Crippen MR) is 86.9 cm³/mol. The van der Waals surface area contributed by atoms with Crippen LogP contribution in [0, 0.1) is 5.92 Å². The summed E-state index contributed by atoms with van der Waals surface area (Å²) < 4.78 is 0. The number of rotatable bonds is 6. The summed E-state index contributed by atoms with van der Waals surface area (Å²) >= 11 is 0. The number of likely N-dealkylation sites (N-methyl/N-ethyl adjacent to an activating group) is 1. The lowest BCUT2D eigenvalue weighted by Crippen LogP contribution is -2.33. The van der Waals surface area contributed by atoms with Gasteiger partial charge in [0.2, 0.25) is 0 Å². The summed E-state index contributed by atoms with van der Waals surface area (Å²) in [6.45, 7) is 2.24. The quantitative estimate of drug-likeness (QED) is 0.793. The molecule has 112 valence electrons. The van der Waals surface area contributed by atoms with Gasteiger partial charge in [0.25, 0.3) is 0 Å². The second-order valence-electron chi connectivity index (χ2n) is 6.41. The molecule has 0 spiro atoms. The molecule has 0 heterocycles. The minimum Gasteiger partial charge on any atom is -0.315 e. The van der Waals surface area contributed by atoms with E-state index in [0.29, 0.717) is 6.04 Å². The molecule has 1 aliphatic carbocycles. The fraction of sp³-hybridized carbons (Fsp3) is 0.667. The maximum Gasteiger partial charge on any atom is 0.0466 e. The summed E-state index contributed by atoms with van der Waals surface area (Å²) in [5.74, 6) is 0.899. The molecule has 0 saturated heterocycles. The van der Waals surface area contributed by atoms with Crippen LogP contribution in [0.2, 0.25) is 0 Å². The summed E-state index contributed by atoms with van der Waals surface area (Å²) in [4.78, 5) is 2.31. The van der Waals surface area contributed by atoms with Gasteiger partial charge in [-0.25, -0.2) is 0 Å². The van der Waals surface area contributed by atoms with E-state index in [0.717, 1.165) is 12.5 Å². The zero-order valence-corrected chi connectivity index (χ0v) is 13.1. The third-order valence-corrected chi connectivity index (χ3v) is 4.55. The van der Waals surface area contributed by atoms with Crippen molar-refractivity contribution in [3.8, 4) is 0 Å². The first-order valence-electron chi connectivity index (χ1n) is 8.19. The molecule has 0 bridgehead atoms. The Kier molecular flexibility index (Phi) is 6.55. The maximum atomic E-state index is 3.72. The van der Waals surface area contributed by atoms with Crippen LogP contribution >= 0.6 is 0 Å². The molecule has 1 fully saturated rings. The highest BCUT2D eigenvalue weighted by Crippen LogP contribution is 2.22. The molecule has 1 N–H and O–H groups in total. The van der Waals surface area contributed by atoms with Crippen LogP contribution in [0.1, 0.15) is 50.1 Å². The SMILES string of the molecule is CN(C)C(CNCC1CCCCCC1)c1ccccc1.